The lowest BCUT2D eigenvalue weighted by molar-refractivity contribution is 0.102. The van der Waals surface area contributed by atoms with Crippen LogP contribution in [0.5, 0.6) is 0 Å². The predicted octanol–water partition coefficient (Wildman–Crippen LogP) is 4.96. The molecule has 0 aliphatic rings. The Labute approximate surface area is 177 Å². The van der Waals surface area contributed by atoms with Gasteiger partial charge in [-0.3, -0.25) is 14.8 Å². The van der Waals surface area contributed by atoms with Gasteiger partial charge in [-0.2, -0.15) is 0 Å². The highest BCUT2D eigenvalue weighted by Crippen LogP contribution is 2.30. The summed E-state index contributed by atoms with van der Waals surface area (Å²) in [5, 5.41) is 5.96. The average Bonchev–Trinajstić information content (AvgIpc) is 3.34. The molecule has 0 unspecified atom stereocenters. The molecule has 4 aromatic rings. The molecule has 7 nitrogen and oxygen atoms in total. The predicted molar refractivity (Wildman–Crippen MR) is 119 cm³/mol. The molecule has 1 amide bonds. The highest BCUT2D eigenvalue weighted by Gasteiger charge is 2.14. The van der Waals surface area contributed by atoms with E-state index < -0.39 is 10.0 Å². The Hall–Kier alpha value is -3.17. The molecular weight excluding hydrogens is 422 g/mol. The molecule has 0 radical (unpaired) electrons. The van der Waals surface area contributed by atoms with Gasteiger partial charge in [-0.05, 0) is 36.8 Å². The molecule has 9 heteroatoms. The highest BCUT2D eigenvalue weighted by molar-refractivity contribution is 7.92. The lowest BCUT2D eigenvalue weighted by Crippen LogP contribution is -2.17. The Morgan fingerprint density at radius 1 is 1.13 bits per heavy atom. The molecule has 2 aromatic carbocycles. The molecule has 0 atom stereocenters. The van der Waals surface area contributed by atoms with Crippen molar-refractivity contribution in [1.29, 1.82) is 0 Å². The molecular formula is C21H19N3O4S2. The SMILES string of the molecule is CCCS(=O)(=O)Nc1cccc(C(=O)Nc2nc(-c3cc4ccccc4o3)cs2)c1. The van der Waals surface area contributed by atoms with Crippen molar-refractivity contribution < 1.29 is 17.6 Å². The first-order valence-electron chi connectivity index (χ1n) is 9.30. The van der Waals surface area contributed by atoms with Crippen molar-refractivity contribution in [2.45, 2.75) is 13.3 Å². The fraction of sp³-hybridized carbons (Fsp3) is 0.143. The number of hydrogen-bond donors (Lipinski definition) is 2. The molecule has 2 N–H and O–H groups in total. The smallest absolute Gasteiger partial charge is 0.257 e. The van der Waals surface area contributed by atoms with E-state index in [2.05, 4.69) is 15.0 Å². The number of anilines is 2. The largest absolute Gasteiger partial charge is 0.454 e. The number of fused-ring (bicyclic) bond motifs is 1. The fourth-order valence-corrected chi connectivity index (χ4v) is 4.77. The van der Waals surface area contributed by atoms with Gasteiger partial charge in [0, 0.05) is 22.0 Å². The summed E-state index contributed by atoms with van der Waals surface area (Å²) in [6.07, 6.45) is 0.507. The molecule has 2 aromatic heterocycles. The lowest BCUT2D eigenvalue weighted by Gasteiger charge is -2.08. The van der Waals surface area contributed by atoms with Crippen LogP contribution in [0.2, 0.25) is 0 Å². The van der Waals surface area contributed by atoms with E-state index in [1.165, 1.54) is 17.4 Å². The van der Waals surface area contributed by atoms with E-state index in [1.807, 2.05) is 35.7 Å². The third kappa shape index (κ3) is 4.52. The Bertz CT molecular complexity index is 1280. The van der Waals surface area contributed by atoms with E-state index in [0.29, 0.717) is 34.3 Å². The number of para-hydroxylation sites is 1. The van der Waals surface area contributed by atoms with Crippen LogP contribution >= 0.6 is 11.3 Å². The third-order valence-electron chi connectivity index (χ3n) is 4.27. The van der Waals surface area contributed by atoms with Crippen LogP contribution in [0.1, 0.15) is 23.7 Å². The van der Waals surface area contributed by atoms with Crippen molar-refractivity contribution in [3.05, 3.63) is 65.5 Å². The molecule has 0 fully saturated rings. The van der Waals surface area contributed by atoms with Crippen LogP contribution in [0, 0.1) is 0 Å². The summed E-state index contributed by atoms with van der Waals surface area (Å²) in [6.45, 7) is 1.79. The zero-order chi connectivity index (χ0) is 21.1. The number of nitrogens with one attached hydrogen (secondary N) is 2. The summed E-state index contributed by atoms with van der Waals surface area (Å²) >= 11 is 1.28. The first-order chi connectivity index (χ1) is 14.4. The van der Waals surface area contributed by atoms with E-state index in [4.69, 9.17) is 4.42 Å². The van der Waals surface area contributed by atoms with Crippen LogP contribution in [-0.2, 0) is 10.0 Å². The van der Waals surface area contributed by atoms with Gasteiger partial charge in [-0.25, -0.2) is 13.4 Å². The second kappa shape index (κ2) is 8.29. The van der Waals surface area contributed by atoms with E-state index in [-0.39, 0.29) is 11.7 Å². The van der Waals surface area contributed by atoms with Crippen LogP contribution in [0.15, 0.2) is 64.4 Å². The first kappa shape index (κ1) is 20.1. The third-order valence-corrected chi connectivity index (χ3v) is 6.52. The topological polar surface area (TPSA) is 101 Å². The Kier molecular flexibility index (Phi) is 5.56. The molecule has 2 heterocycles. The number of sulfonamides is 1. The second-order valence-corrected chi connectivity index (χ2v) is 9.34. The summed E-state index contributed by atoms with van der Waals surface area (Å²) in [4.78, 5) is 17.0. The summed E-state index contributed by atoms with van der Waals surface area (Å²) in [7, 11) is -3.43. The fourth-order valence-electron chi connectivity index (χ4n) is 2.94. The zero-order valence-corrected chi connectivity index (χ0v) is 17.7. The van der Waals surface area contributed by atoms with Crippen LogP contribution in [0.25, 0.3) is 22.4 Å². The second-order valence-electron chi connectivity index (χ2n) is 6.64. The van der Waals surface area contributed by atoms with E-state index in [1.54, 1.807) is 25.1 Å². The number of benzene rings is 2. The van der Waals surface area contributed by atoms with Crippen molar-refractivity contribution in [3.63, 3.8) is 0 Å². The van der Waals surface area contributed by atoms with Gasteiger partial charge < -0.3 is 4.42 Å². The molecule has 0 spiro atoms. The molecule has 0 aliphatic heterocycles. The van der Waals surface area contributed by atoms with Crippen LogP contribution in [0.3, 0.4) is 0 Å². The van der Waals surface area contributed by atoms with E-state index >= 15 is 0 Å². The van der Waals surface area contributed by atoms with Crippen molar-refractivity contribution in [2.75, 3.05) is 15.8 Å². The minimum Gasteiger partial charge on any atom is -0.454 e. The van der Waals surface area contributed by atoms with Crippen LogP contribution in [-0.4, -0.2) is 25.1 Å². The summed E-state index contributed by atoms with van der Waals surface area (Å²) in [5.74, 6) is 0.268. The molecule has 154 valence electrons. The first-order valence-corrected chi connectivity index (χ1v) is 11.8. The van der Waals surface area contributed by atoms with Crippen molar-refractivity contribution >= 4 is 49.1 Å². The minimum atomic E-state index is -3.43. The zero-order valence-electron chi connectivity index (χ0n) is 16.1. The van der Waals surface area contributed by atoms with Gasteiger partial charge in [-0.1, -0.05) is 31.2 Å². The number of furan rings is 1. The van der Waals surface area contributed by atoms with Gasteiger partial charge in [0.05, 0.1) is 5.75 Å². The molecule has 0 aliphatic carbocycles. The van der Waals surface area contributed by atoms with Crippen molar-refractivity contribution in [2.24, 2.45) is 0 Å². The number of nitrogens with zero attached hydrogens (tertiary/aromatic N) is 1. The Morgan fingerprint density at radius 2 is 1.97 bits per heavy atom. The van der Waals surface area contributed by atoms with E-state index in [0.717, 1.165) is 11.0 Å². The van der Waals surface area contributed by atoms with Gasteiger partial charge in [0.15, 0.2) is 10.9 Å². The number of thiazole rings is 1. The maximum Gasteiger partial charge on any atom is 0.257 e. The molecule has 30 heavy (non-hydrogen) atoms. The lowest BCUT2D eigenvalue weighted by atomic mass is 10.2. The maximum absolute atomic E-state index is 12.6. The average molecular weight is 442 g/mol. The van der Waals surface area contributed by atoms with E-state index in [9.17, 15) is 13.2 Å². The summed E-state index contributed by atoms with van der Waals surface area (Å²) in [5.41, 5.74) is 2.08. The maximum atomic E-state index is 12.6. The number of hydrogen-bond acceptors (Lipinski definition) is 6. The molecule has 0 saturated heterocycles. The van der Waals surface area contributed by atoms with Crippen LogP contribution in [0.4, 0.5) is 10.8 Å². The number of rotatable bonds is 7. The van der Waals surface area contributed by atoms with Gasteiger partial charge in [0.25, 0.3) is 5.91 Å². The number of carbonyl (C=O) groups excluding carboxylic acids is 1. The molecule has 0 saturated carbocycles. The van der Waals surface area contributed by atoms with Gasteiger partial charge in [-0.15, -0.1) is 11.3 Å². The Balaban J connectivity index is 1.49. The number of aromatic nitrogens is 1. The van der Waals surface area contributed by atoms with Crippen molar-refractivity contribution in [1.82, 2.24) is 4.98 Å². The summed E-state index contributed by atoms with van der Waals surface area (Å²) in [6, 6.07) is 15.9. The minimum absolute atomic E-state index is 0.0209. The van der Waals surface area contributed by atoms with Gasteiger partial charge in [0.2, 0.25) is 10.0 Å². The van der Waals surface area contributed by atoms with Crippen LogP contribution < -0.4 is 10.0 Å². The number of amides is 1. The normalized spacial score (nSPS) is 11.5. The number of carbonyl (C=O) groups is 1. The van der Waals surface area contributed by atoms with Crippen molar-refractivity contribution in [3.8, 4) is 11.5 Å². The quantitative estimate of drug-likeness (QED) is 0.422. The monoisotopic (exact) mass is 441 g/mol. The van der Waals surface area contributed by atoms with Gasteiger partial charge >= 0.3 is 0 Å². The highest BCUT2D eigenvalue weighted by atomic mass is 32.2. The molecule has 0 bridgehead atoms. The summed E-state index contributed by atoms with van der Waals surface area (Å²) < 4.78 is 32.2. The standard InChI is InChI=1S/C21H19N3O4S2/c1-2-10-30(26,27)24-16-8-5-7-15(11-16)20(25)23-21-22-17(13-29-21)19-12-14-6-3-4-9-18(14)28-19/h3-9,11-13,24H,2,10H2,1H3,(H,22,23,25). The van der Waals surface area contributed by atoms with Gasteiger partial charge in [0.1, 0.15) is 11.3 Å². The molecule has 4 rings (SSSR count). The Morgan fingerprint density at radius 3 is 2.77 bits per heavy atom.